The summed E-state index contributed by atoms with van der Waals surface area (Å²) in [7, 11) is 0. The topological polar surface area (TPSA) is 94.9 Å². The molecule has 1 aromatic carbocycles. The number of para-hydroxylation sites is 1. The average molecular weight is 500 g/mol. The molecular weight excluding hydrogens is 473 g/mol. The van der Waals surface area contributed by atoms with Crippen LogP contribution in [0.4, 0.5) is 14.7 Å². The van der Waals surface area contributed by atoms with Crippen molar-refractivity contribution in [3.05, 3.63) is 70.5 Å². The summed E-state index contributed by atoms with van der Waals surface area (Å²) in [6.07, 6.45) is 3.16. The van der Waals surface area contributed by atoms with E-state index in [0.717, 1.165) is 15.6 Å². The average Bonchev–Trinajstić information content (AvgIpc) is 3.39. The van der Waals surface area contributed by atoms with Crippen molar-refractivity contribution in [3.8, 4) is 0 Å². The highest BCUT2D eigenvalue weighted by atomic mass is 32.2. The van der Waals surface area contributed by atoms with Gasteiger partial charge in [-0.2, -0.15) is 8.98 Å². The first-order valence-corrected chi connectivity index (χ1v) is 12.5. The lowest BCUT2D eigenvalue weighted by atomic mass is 10.2. The minimum Gasteiger partial charge on any atom is -0.390 e. The van der Waals surface area contributed by atoms with Gasteiger partial charge < -0.3 is 15.6 Å². The summed E-state index contributed by atoms with van der Waals surface area (Å²) >= 11 is 1.41. The Bertz CT molecular complexity index is 1430. The molecule has 34 heavy (non-hydrogen) atoms. The number of fused-ring (bicyclic) bond motifs is 2. The molecule has 0 saturated carbocycles. The molecule has 7 nitrogen and oxygen atoms in total. The number of amides is 1. The molecule has 0 aliphatic heterocycles. The zero-order chi connectivity index (χ0) is 24.8. The van der Waals surface area contributed by atoms with Crippen LogP contribution in [0.2, 0.25) is 0 Å². The number of hydrogen-bond donors (Lipinski definition) is 2. The Morgan fingerprint density at radius 1 is 1.35 bits per heavy atom. The Labute approximate surface area is 205 Å². The summed E-state index contributed by atoms with van der Waals surface area (Å²) in [6, 6.07) is 9.44. The van der Waals surface area contributed by atoms with Gasteiger partial charge in [0.1, 0.15) is 5.82 Å². The summed E-state index contributed by atoms with van der Waals surface area (Å²) in [4.78, 5) is 26.3. The molecule has 0 aliphatic rings. The summed E-state index contributed by atoms with van der Waals surface area (Å²) < 4.78 is 15.8. The molecule has 0 spiro atoms. The van der Waals surface area contributed by atoms with Crippen LogP contribution in [0.5, 0.6) is 0 Å². The number of aryl methyl sites for hydroxylation is 1. The molecule has 4 aromatic rings. The molecule has 0 radical (unpaired) electrons. The molecule has 0 aliphatic carbocycles. The number of aromatic nitrogens is 3. The second-order valence-corrected chi connectivity index (χ2v) is 8.54. The van der Waals surface area contributed by atoms with Gasteiger partial charge in [-0.05, 0) is 25.1 Å². The Morgan fingerprint density at radius 3 is 2.79 bits per heavy atom. The predicted molar refractivity (Wildman–Crippen MR) is 143 cm³/mol. The van der Waals surface area contributed by atoms with Gasteiger partial charge in [0.2, 0.25) is 0 Å². The number of benzene rings is 1. The van der Waals surface area contributed by atoms with E-state index >= 15 is 0 Å². The monoisotopic (exact) mass is 499 g/mol. The van der Waals surface area contributed by atoms with E-state index in [0.29, 0.717) is 28.4 Å². The minimum atomic E-state index is -0.495. The van der Waals surface area contributed by atoms with E-state index in [1.807, 2.05) is 48.7 Å². The zero-order valence-electron chi connectivity index (χ0n) is 19.2. The van der Waals surface area contributed by atoms with Crippen molar-refractivity contribution < 1.29 is 8.68 Å². The van der Waals surface area contributed by atoms with Crippen LogP contribution >= 0.6 is 23.5 Å². The number of halogens is 1. The van der Waals surface area contributed by atoms with Crippen molar-refractivity contribution >= 4 is 67.6 Å². The third kappa shape index (κ3) is 4.78. The lowest BCUT2D eigenvalue weighted by Crippen LogP contribution is -2.27. The lowest BCUT2D eigenvalue weighted by Gasteiger charge is -2.12. The Kier molecular flexibility index (Phi) is 8.30. The van der Waals surface area contributed by atoms with Crippen LogP contribution in [-0.2, 0) is 6.54 Å². The maximum Gasteiger partial charge on any atom is 0.282 e. The highest BCUT2D eigenvalue weighted by Gasteiger charge is 2.22. The third-order valence-electron chi connectivity index (χ3n) is 5.03. The van der Waals surface area contributed by atoms with Gasteiger partial charge in [0.25, 0.3) is 11.5 Å². The van der Waals surface area contributed by atoms with Gasteiger partial charge in [0.05, 0.1) is 10.4 Å². The molecule has 1 amide bonds. The number of nitrogen functional groups attached to an aromatic ring is 1. The van der Waals surface area contributed by atoms with E-state index in [1.165, 1.54) is 17.4 Å². The van der Waals surface area contributed by atoms with Crippen LogP contribution in [0.3, 0.4) is 0 Å². The van der Waals surface area contributed by atoms with Gasteiger partial charge in [-0.25, -0.2) is 4.68 Å². The zero-order valence-corrected chi connectivity index (χ0v) is 20.8. The standard InChI is InChI=1S/C22H20FN5O2S2.C2H6/c1-3-6-13(2)28-22(30)18-15(12-31-20(18)24)19(26-28)21(29)25-17-11-14-7-4-5-8-16(14)27(17)9-10-32-23;1-2/h3-8,11-12H,1,9-10,24H2,2H3,(H,25,29);1-2H3/b13-6+;. The number of thiophene rings is 1. The quantitative estimate of drug-likeness (QED) is 0.307. The van der Waals surface area contributed by atoms with Gasteiger partial charge >= 0.3 is 0 Å². The maximum absolute atomic E-state index is 13.3. The normalized spacial score (nSPS) is 11.4. The fraction of sp³-hybridized carbons (Fsp3) is 0.208. The van der Waals surface area contributed by atoms with Crippen molar-refractivity contribution in [3.63, 3.8) is 0 Å². The van der Waals surface area contributed by atoms with Crippen molar-refractivity contribution in [2.24, 2.45) is 0 Å². The van der Waals surface area contributed by atoms with Crippen LogP contribution < -0.4 is 16.6 Å². The SMILES string of the molecule is C=C/C=C(\C)n1nc(C(=O)Nc2cc3ccccc3n2CCSF)c2csc(N)c2c1=O.CC. The molecule has 178 valence electrons. The highest BCUT2D eigenvalue weighted by Crippen LogP contribution is 2.29. The van der Waals surface area contributed by atoms with Gasteiger partial charge in [0.15, 0.2) is 5.69 Å². The molecule has 3 N–H and O–H groups in total. The second kappa shape index (κ2) is 11.2. The fourth-order valence-corrected chi connectivity index (χ4v) is 4.62. The molecule has 3 aromatic heterocycles. The molecular formula is C24H26FN5O2S2. The minimum absolute atomic E-state index is 0.0704. The molecule has 0 fully saturated rings. The first kappa shape index (κ1) is 25.3. The molecule has 10 heteroatoms. The van der Waals surface area contributed by atoms with E-state index in [9.17, 15) is 13.5 Å². The number of anilines is 2. The van der Waals surface area contributed by atoms with Gasteiger partial charge in [-0.3, -0.25) is 9.59 Å². The summed E-state index contributed by atoms with van der Waals surface area (Å²) in [6.45, 7) is 9.71. The predicted octanol–water partition coefficient (Wildman–Crippen LogP) is 5.94. The van der Waals surface area contributed by atoms with Crippen molar-refractivity contribution in [2.45, 2.75) is 27.3 Å². The molecule has 0 saturated heterocycles. The Hall–Kier alpha value is -3.37. The third-order valence-corrected chi connectivity index (χ3v) is 6.18. The number of rotatable bonds is 7. The number of carbonyl (C=O) groups excluding carboxylic acids is 1. The number of carbonyl (C=O) groups is 1. The number of allylic oxidation sites excluding steroid dienone is 3. The van der Waals surface area contributed by atoms with Crippen LogP contribution in [0.1, 0.15) is 31.3 Å². The summed E-state index contributed by atoms with van der Waals surface area (Å²) in [5.74, 6) is 0.256. The maximum atomic E-state index is 13.3. The number of hydrogen-bond acceptors (Lipinski definition) is 6. The molecule has 0 atom stereocenters. The van der Waals surface area contributed by atoms with E-state index in [-0.39, 0.29) is 29.0 Å². The van der Waals surface area contributed by atoms with Crippen molar-refractivity contribution in [1.82, 2.24) is 14.3 Å². The van der Waals surface area contributed by atoms with Crippen LogP contribution in [-0.4, -0.2) is 26.0 Å². The van der Waals surface area contributed by atoms with Crippen LogP contribution in [0, 0.1) is 0 Å². The first-order chi connectivity index (χ1) is 16.5. The Balaban J connectivity index is 0.00000158. The molecule has 0 bridgehead atoms. The van der Waals surface area contributed by atoms with Crippen LogP contribution in [0.15, 0.2) is 59.2 Å². The molecule has 3 heterocycles. The van der Waals surface area contributed by atoms with E-state index in [4.69, 9.17) is 5.73 Å². The first-order valence-electron chi connectivity index (χ1n) is 10.7. The smallest absolute Gasteiger partial charge is 0.282 e. The molecule has 4 rings (SSSR count). The number of nitrogens with zero attached hydrogens (tertiary/aromatic N) is 3. The van der Waals surface area contributed by atoms with Gasteiger partial charge in [-0.1, -0.05) is 44.7 Å². The van der Waals surface area contributed by atoms with Crippen molar-refractivity contribution in [2.75, 3.05) is 16.8 Å². The van der Waals surface area contributed by atoms with Gasteiger partial charge in [-0.15, -0.1) is 11.3 Å². The van der Waals surface area contributed by atoms with Crippen molar-refractivity contribution in [1.29, 1.82) is 0 Å². The van der Waals surface area contributed by atoms with Crippen LogP contribution in [0.25, 0.3) is 27.4 Å². The fourth-order valence-electron chi connectivity index (χ4n) is 3.58. The highest BCUT2D eigenvalue weighted by molar-refractivity contribution is 7.94. The second-order valence-electron chi connectivity index (χ2n) is 7.01. The van der Waals surface area contributed by atoms with Gasteiger partial charge in [0, 0.05) is 51.8 Å². The van der Waals surface area contributed by atoms with E-state index in [2.05, 4.69) is 17.0 Å². The number of nitrogens with one attached hydrogen (secondary N) is 1. The summed E-state index contributed by atoms with van der Waals surface area (Å²) in [5, 5.41) is 10.7. The largest absolute Gasteiger partial charge is 0.390 e. The number of nitrogens with two attached hydrogens (primary N) is 1. The molecule has 0 unspecified atom stereocenters. The summed E-state index contributed by atoms with van der Waals surface area (Å²) in [5.41, 5.74) is 7.08. The van der Waals surface area contributed by atoms with E-state index in [1.54, 1.807) is 18.4 Å². The van der Waals surface area contributed by atoms with E-state index < -0.39 is 11.5 Å². The Morgan fingerprint density at radius 2 is 2.09 bits per heavy atom. The lowest BCUT2D eigenvalue weighted by molar-refractivity contribution is 0.102.